The molecule has 2 aromatic carbocycles. The van der Waals surface area contributed by atoms with Crippen molar-refractivity contribution in [3.63, 3.8) is 0 Å². The van der Waals surface area contributed by atoms with Gasteiger partial charge in [-0.1, -0.05) is 60.7 Å². The number of aromatic nitrogens is 2. The summed E-state index contributed by atoms with van der Waals surface area (Å²) in [6.07, 6.45) is 3.97. The molecule has 29 heavy (non-hydrogen) atoms. The van der Waals surface area contributed by atoms with Gasteiger partial charge in [-0.15, -0.1) is 0 Å². The highest BCUT2D eigenvalue weighted by Crippen LogP contribution is 2.31. The molecule has 4 rings (SSSR count). The van der Waals surface area contributed by atoms with Gasteiger partial charge in [-0.25, -0.2) is 4.98 Å². The number of nitrogens with zero attached hydrogens (tertiary/aromatic N) is 3. The van der Waals surface area contributed by atoms with Crippen molar-refractivity contribution in [2.75, 3.05) is 19.7 Å². The summed E-state index contributed by atoms with van der Waals surface area (Å²) in [6.45, 7) is 3.53. The molecule has 2 heterocycles. The zero-order chi connectivity index (χ0) is 20.1. The lowest BCUT2D eigenvalue weighted by Gasteiger charge is -2.34. The summed E-state index contributed by atoms with van der Waals surface area (Å²) in [5.74, 6) is 0.137. The van der Waals surface area contributed by atoms with Crippen molar-refractivity contribution in [2.45, 2.75) is 25.4 Å². The second kappa shape index (κ2) is 8.97. The molecule has 1 fully saturated rings. The summed E-state index contributed by atoms with van der Waals surface area (Å²) in [4.78, 5) is 23.1. The van der Waals surface area contributed by atoms with Crippen LogP contribution in [0.25, 0.3) is 0 Å². The Hall–Kier alpha value is -3.05. The number of benzene rings is 2. The van der Waals surface area contributed by atoms with Crippen molar-refractivity contribution in [1.82, 2.24) is 14.9 Å². The molecule has 0 saturated carbocycles. The summed E-state index contributed by atoms with van der Waals surface area (Å²) in [5, 5.41) is 0. The van der Waals surface area contributed by atoms with Crippen molar-refractivity contribution >= 4 is 5.91 Å². The SMILES string of the molecule is Cc1cnc(C(=O)N2CCO[C@H](CC(c3ccccc3)c3ccccc3)C2)cn1. The molecule has 5 heteroatoms. The Bertz CT molecular complexity index is 890. The molecule has 0 N–H and O–H groups in total. The van der Waals surface area contributed by atoms with Gasteiger partial charge >= 0.3 is 0 Å². The zero-order valence-corrected chi connectivity index (χ0v) is 16.6. The van der Waals surface area contributed by atoms with E-state index in [1.807, 2.05) is 24.0 Å². The highest BCUT2D eigenvalue weighted by Gasteiger charge is 2.29. The molecule has 0 bridgehead atoms. The molecule has 1 aliphatic heterocycles. The van der Waals surface area contributed by atoms with Crippen LogP contribution in [0.2, 0.25) is 0 Å². The number of amides is 1. The number of hydrogen-bond acceptors (Lipinski definition) is 4. The van der Waals surface area contributed by atoms with Crippen molar-refractivity contribution in [1.29, 1.82) is 0 Å². The molecule has 3 aromatic rings. The molecule has 148 valence electrons. The summed E-state index contributed by atoms with van der Waals surface area (Å²) in [6, 6.07) is 21.0. The van der Waals surface area contributed by atoms with Crippen molar-refractivity contribution < 1.29 is 9.53 Å². The van der Waals surface area contributed by atoms with Crippen molar-refractivity contribution in [3.8, 4) is 0 Å². The maximum Gasteiger partial charge on any atom is 0.274 e. The smallest absolute Gasteiger partial charge is 0.274 e. The fourth-order valence-corrected chi connectivity index (χ4v) is 3.81. The molecule has 0 unspecified atom stereocenters. The van der Waals surface area contributed by atoms with Gasteiger partial charge in [0.1, 0.15) is 5.69 Å². The molecule has 0 spiro atoms. The molecular formula is C24H25N3O2. The number of carbonyl (C=O) groups is 1. The van der Waals surface area contributed by atoms with E-state index in [0.717, 1.165) is 12.1 Å². The number of hydrogen-bond donors (Lipinski definition) is 0. The fourth-order valence-electron chi connectivity index (χ4n) is 3.81. The van der Waals surface area contributed by atoms with Gasteiger partial charge in [0.25, 0.3) is 5.91 Å². The van der Waals surface area contributed by atoms with Crippen molar-refractivity contribution in [2.24, 2.45) is 0 Å². The highest BCUT2D eigenvalue weighted by atomic mass is 16.5. The fraction of sp³-hybridized carbons (Fsp3) is 0.292. The largest absolute Gasteiger partial charge is 0.375 e. The zero-order valence-electron chi connectivity index (χ0n) is 16.6. The molecule has 1 saturated heterocycles. The Morgan fingerprint density at radius 3 is 2.28 bits per heavy atom. The van der Waals surface area contributed by atoms with E-state index < -0.39 is 0 Å². The van der Waals surface area contributed by atoms with E-state index in [2.05, 4.69) is 58.5 Å². The number of aryl methyl sites for hydroxylation is 1. The Morgan fingerprint density at radius 1 is 1.03 bits per heavy atom. The van der Waals surface area contributed by atoms with E-state index >= 15 is 0 Å². The first-order valence-electron chi connectivity index (χ1n) is 10.00. The Labute approximate surface area is 171 Å². The van der Waals surface area contributed by atoms with Gasteiger partial charge in [0.05, 0.1) is 24.6 Å². The number of morpholine rings is 1. The van der Waals surface area contributed by atoms with Gasteiger partial charge in [0.2, 0.25) is 0 Å². The summed E-state index contributed by atoms with van der Waals surface area (Å²) in [7, 11) is 0. The first kappa shape index (κ1) is 19.3. The van der Waals surface area contributed by atoms with Crippen LogP contribution in [0.5, 0.6) is 0 Å². The van der Waals surface area contributed by atoms with Crippen LogP contribution in [0.4, 0.5) is 0 Å². The first-order valence-corrected chi connectivity index (χ1v) is 10.00. The Morgan fingerprint density at radius 2 is 1.69 bits per heavy atom. The Kier molecular flexibility index (Phi) is 5.96. The maximum absolute atomic E-state index is 12.9. The third-order valence-electron chi connectivity index (χ3n) is 5.33. The van der Waals surface area contributed by atoms with Gasteiger partial charge in [0.15, 0.2) is 0 Å². The van der Waals surface area contributed by atoms with Crippen LogP contribution in [-0.2, 0) is 4.74 Å². The molecule has 1 amide bonds. The maximum atomic E-state index is 12.9. The lowest BCUT2D eigenvalue weighted by Crippen LogP contribution is -2.46. The monoisotopic (exact) mass is 387 g/mol. The van der Waals surface area contributed by atoms with E-state index in [1.54, 1.807) is 12.4 Å². The first-order chi connectivity index (χ1) is 14.2. The van der Waals surface area contributed by atoms with Gasteiger partial charge in [-0.2, -0.15) is 0 Å². The lowest BCUT2D eigenvalue weighted by atomic mass is 9.86. The van der Waals surface area contributed by atoms with Crippen LogP contribution in [0, 0.1) is 6.92 Å². The molecule has 1 atom stereocenters. The topological polar surface area (TPSA) is 55.3 Å². The van der Waals surface area contributed by atoms with E-state index in [4.69, 9.17) is 4.74 Å². The van der Waals surface area contributed by atoms with Crippen LogP contribution in [0.1, 0.15) is 39.6 Å². The predicted octanol–water partition coefficient (Wildman–Crippen LogP) is 3.85. The number of carbonyl (C=O) groups excluding carboxylic acids is 1. The van der Waals surface area contributed by atoms with Gasteiger partial charge in [-0.3, -0.25) is 9.78 Å². The second-order valence-corrected chi connectivity index (χ2v) is 7.40. The molecule has 1 aromatic heterocycles. The molecule has 0 aliphatic carbocycles. The minimum atomic E-state index is -0.0817. The quantitative estimate of drug-likeness (QED) is 0.667. The molecule has 1 aliphatic rings. The molecular weight excluding hydrogens is 362 g/mol. The van der Waals surface area contributed by atoms with Gasteiger partial charge in [0, 0.05) is 25.2 Å². The molecule has 5 nitrogen and oxygen atoms in total. The van der Waals surface area contributed by atoms with Crippen LogP contribution < -0.4 is 0 Å². The summed E-state index contributed by atoms with van der Waals surface area (Å²) < 4.78 is 6.06. The third kappa shape index (κ3) is 4.69. The molecule has 0 radical (unpaired) electrons. The number of ether oxygens (including phenoxy) is 1. The van der Waals surface area contributed by atoms with Crippen LogP contribution in [0.15, 0.2) is 73.1 Å². The predicted molar refractivity (Wildman–Crippen MR) is 112 cm³/mol. The van der Waals surface area contributed by atoms with E-state index in [1.165, 1.54) is 11.1 Å². The van der Waals surface area contributed by atoms with E-state index in [-0.39, 0.29) is 17.9 Å². The number of rotatable bonds is 5. The minimum Gasteiger partial charge on any atom is -0.375 e. The average molecular weight is 387 g/mol. The Balaban J connectivity index is 1.51. The van der Waals surface area contributed by atoms with Gasteiger partial charge < -0.3 is 9.64 Å². The summed E-state index contributed by atoms with van der Waals surface area (Å²) in [5.41, 5.74) is 3.71. The van der Waals surface area contributed by atoms with E-state index in [0.29, 0.717) is 25.4 Å². The van der Waals surface area contributed by atoms with Crippen LogP contribution in [-0.4, -0.2) is 46.6 Å². The standard InChI is InChI=1S/C24H25N3O2/c1-18-15-26-23(16-25-18)24(28)27-12-13-29-21(17-27)14-22(19-8-4-2-5-9-19)20-10-6-3-7-11-20/h2-11,15-16,21-22H,12-14,17H2,1H3/t21-/m1/s1. The second-order valence-electron chi connectivity index (χ2n) is 7.40. The normalized spacial score (nSPS) is 16.8. The lowest BCUT2D eigenvalue weighted by molar-refractivity contribution is -0.0266. The van der Waals surface area contributed by atoms with Crippen LogP contribution >= 0.6 is 0 Å². The van der Waals surface area contributed by atoms with Crippen molar-refractivity contribution in [3.05, 3.63) is 95.6 Å². The van der Waals surface area contributed by atoms with Gasteiger partial charge in [-0.05, 0) is 24.5 Å². The van der Waals surface area contributed by atoms with Crippen LogP contribution in [0.3, 0.4) is 0 Å². The average Bonchev–Trinajstić information content (AvgIpc) is 2.79. The minimum absolute atomic E-state index is 0.0310. The summed E-state index contributed by atoms with van der Waals surface area (Å²) >= 11 is 0. The van der Waals surface area contributed by atoms with E-state index in [9.17, 15) is 4.79 Å². The highest BCUT2D eigenvalue weighted by molar-refractivity contribution is 5.92. The third-order valence-corrected chi connectivity index (χ3v) is 5.33.